The largest absolute Gasteiger partial charge is 0.393 e. The summed E-state index contributed by atoms with van der Waals surface area (Å²) in [6.45, 7) is 0.928. The summed E-state index contributed by atoms with van der Waals surface area (Å²) in [7, 11) is -3.44. The van der Waals surface area contributed by atoms with Crippen LogP contribution in [-0.4, -0.2) is 30.8 Å². The van der Waals surface area contributed by atoms with Crippen LogP contribution in [0.15, 0.2) is 33.6 Å². The Bertz CT molecular complexity index is 581. The standard InChI is InChI=1S/C12H15BrN2O2S2/c13-10-3-1-2-4-11(10)19(16,17)15-7-5-9(6-8-15)12(14)18/h1-4,9H,5-8H2,(H2,14,18). The fourth-order valence-electron chi connectivity index (χ4n) is 2.17. The fourth-order valence-corrected chi connectivity index (χ4v) is 4.84. The van der Waals surface area contributed by atoms with Crippen molar-refractivity contribution in [1.29, 1.82) is 0 Å². The predicted molar refractivity (Wildman–Crippen MR) is 82.4 cm³/mol. The minimum absolute atomic E-state index is 0.153. The maximum absolute atomic E-state index is 12.5. The third-order valence-corrected chi connectivity index (χ3v) is 6.55. The number of hydrogen-bond acceptors (Lipinski definition) is 3. The first-order chi connectivity index (χ1) is 8.93. The molecule has 0 amide bonds. The summed E-state index contributed by atoms with van der Waals surface area (Å²) in [4.78, 5) is 0.793. The smallest absolute Gasteiger partial charge is 0.244 e. The van der Waals surface area contributed by atoms with Crippen LogP contribution in [0.5, 0.6) is 0 Å². The maximum Gasteiger partial charge on any atom is 0.244 e. The molecule has 1 aliphatic rings. The summed E-state index contributed by atoms with van der Waals surface area (Å²) < 4.78 is 27.1. The van der Waals surface area contributed by atoms with Gasteiger partial charge in [-0.3, -0.25) is 0 Å². The molecule has 0 atom stereocenters. The molecular formula is C12H15BrN2O2S2. The van der Waals surface area contributed by atoms with Crippen molar-refractivity contribution < 1.29 is 8.42 Å². The minimum atomic E-state index is -3.44. The Morgan fingerprint density at radius 1 is 1.32 bits per heavy atom. The van der Waals surface area contributed by atoms with Gasteiger partial charge in [0.25, 0.3) is 0 Å². The van der Waals surface area contributed by atoms with Crippen LogP contribution in [0.4, 0.5) is 0 Å². The third kappa shape index (κ3) is 3.16. The van der Waals surface area contributed by atoms with E-state index in [1.165, 1.54) is 4.31 Å². The van der Waals surface area contributed by atoms with E-state index in [2.05, 4.69) is 15.9 Å². The lowest BCUT2D eigenvalue weighted by Crippen LogP contribution is -2.41. The molecule has 1 fully saturated rings. The number of piperidine rings is 1. The van der Waals surface area contributed by atoms with Gasteiger partial charge in [-0.15, -0.1) is 0 Å². The van der Waals surface area contributed by atoms with Crippen molar-refractivity contribution >= 4 is 43.2 Å². The molecule has 0 aromatic heterocycles. The number of benzene rings is 1. The van der Waals surface area contributed by atoms with Crippen molar-refractivity contribution in [2.45, 2.75) is 17.7 Å². The van der Waals surface area contributed by atoms with Crippen molar-refractivity contribution in [3.63, 3.8) is 0 Å². The zero-order chi connectivity index (χ0) is 14.0. The number of rotatable bonds is 3. The molecule has 2 rings (SSSR count). The first-order valence-electron chi connectivity index (χ1n) is 5.97. The van der Waals surface area contributed by atoms with Crippen LogP contribution >= 0.6 is 28.1 Å². The van der Waals surface area contributed by atoms with E-state index >= 15 is 0 Å². The van der Waals surface area contributed by atoms with E-state index in [0.717, 1.165) is 0 Å². The summed E-state index contributed by atoms with van der Waals surface area (Å²) in [6, 6.07) is 6.86. The van der Waals surface area contributed by atoms with Crippen molar-refractivity contribution in [2.24, 2.45) is 11.7 Å². The highest BCUT2D eigenvalue weighted by molar-refractivity contribution is 9.10. The fraction of sp³-hybridized carbons (Fsp3) is 0.417. The second-order valence-corrected chi connectivity index (χ2v) is 7.74. The molecule has 1 aliphatic heterocycles. The van der Waals surface area contributed by atoms with E-state index in [-0.39, 0.29) is 5.92 Å². The molecule has 1 heterocycles. The molecule has 0 unspecified atom stereocenters. The zero-order valence-corrected chi connectivity index (χ0v) is 13.5. The molecule has 1 aromatic rings. The molecule has 0 spiro atoms. The van der Waals surface area contributed by atoms with Gasteiger partial charge in [-0.2, -0.15) is 4.31 Å². The molecule has 7 heteroatoms. The van der Waals surface area contributed by atoms with Gasteiger partial charge >= 0.3 is 0 Å². The number of nitrogens with two attached hydrogens (primary N) is 1. The summed E-state index contributed by atoms with van der Waals surface area (Å²) in [6.07, 6.45) is 1.39. The highest BCUT2D eigenvalue weighted by Gasteiger charge is 2.31. The predicted octanol–water partition coefficient (Wildman–Crippen LogP) is 2.14. The number of nitrogens with zero attached hydrogens (tertiary/aromatic N) is 1. The minimum Gasteiger partial charge on any atom is -0.393 e. The summed E-state index contributed by atoms with van der Waals surface area (Å²) >= 11 is 8.25. The second-order valence-electron chi connectivity index (χ2n) is 4.51. The van der Waals surface area contributed by atoms with Crippen LogP contribution in [0.3, 0.4) is 0 Å². The van der Waals surface area contributed by atoms with E-state index in [1.807, 2.05) is 0 Å². The van der Waals surface area contributed by atoms with Crippen LogP contribution in [0.25, 0.3) is 0 Å². The molecule has 4 nitrogen and oxygen atoms in total. The highest BCUT2D eigenvalue weighted by atomic mass is 79.9. The Morgan fingerprint density at radius 3 is 2.42 bits per heavy atom. The van der Waals surface area contributed by atoms with Gasteiger partial charge in [-0.05, 0) is 40.9 Å². The van der Waals surface area contributed by atoms with Crippen LogP contribution in [0.1, 0.15) is 12.8 Å². The monoisotopic (exact) mass is 362 g/mol. The molecular weight excluding hydrogens is 348 g/mol. The van der Waals surface area contributed by atoms with Gasteiger partial charge in [0.1, 0.15) is 0 Å². The Morgan fingerprint density at radius 2 is 1.89 bits per heavy atom. The van der Waals surface area contributed by atoms with Gasteiger partial charge in [0.05, 0.1) is 9.88 Å². The van der Waals surface area contributed by atoms with Crippen molar-refractivity contribution in [3.05, 3.63) is 28.7 Å². The molecule has 0 saturated carbocycles. The lowest BCUT2D eigenvalue weighted by Gasteiger charge is -2.30. The third-order valence-electron chi connectivity index (χ3n) is 3.31. The summed E-state index contributed by atoms with van der Waals surface area (Å²) in [5, 5.41) is 0. The number of sulfonamides is 1. The van der Waals surface area contributed by atoms with Crippen LogP contribution in [0, 0.1) is 5.92 Å². The first kappa shape index (κ1) is 14.9. The van der Waals surface area contributed by atoms with Gasteiger partial charge < -0.3 is 5.73 Å². The van der Waals surface area contributed by atoms with Crippen molar-refractivity contribution in [2.75, 3.05) is 13.1 Å². The topological polar surface area (TPSA) is 63.4 Å². The Labute approximate surface area is 127 Å². The zero-order valence-electron chi connectivity index (χ0n) is 10.3. The number of thiocarbonyl (C=S) groups is 1. The van der Waals surface area contributed by atoms with Crippen LogP contribution in [-0.2, 0) is 10.0 Å². The van der Waals surface area contributed by atoms with E-state index in [9.17, 15) is 8.42 Å². The Hall–Kier alpha value is -0.500. The SMILES string of the molecule is NC(=S)C1CCN(S(=O)(=O)c2ccccc2Br)CC1. The van der Waals surface area contributed by atoms with Gasteiger partial charge in [0.2, 0.25) is 10.0 Å². The normalized spacial score (nSPS) is 18.4. The van der Waals surface area contributed by atoms with E-state index < -0.39 is 10.0 Å². The molecule has 19 heavy (non-hydrogen) atoms. The summed E-state index contributed by atoms with van der Waals surface area (Å²) in [5.74, 6) is 0.153. The quantitative estimate of drug-likeness (QED) is 0.836. The summed E-state index contributed by atoms with van der Waals surface area (Å²) in [5.41, 5.74) is 5.61. The van der Waals surface area contributed by atoms with E-state index in [0.29, 0.717) is 40.3 Å². The lowest BCUT2D eigenvalue weighted by molar-refractivity contribution is 0.316. The average Bonchev–Trinajstić information content (AvgIpc) is 2.39. The van der Waals surface area contributed by atoms with Crippen molar-refractivity contribution in [3.8, 4) is 0 Å². The number of halogens is 1. The van der Waals surface area contributed by atoms with Gasteiger partial charge in [-0.1, -0.05) is 24.4 Å². The van der Waals surface area contributed by atoms with Gasteiger partial charge in [0, 0.05) is 23.5 Å². The van der Waals surface area contributed by atoms with Gasteiger partial charge in [0.15, 0.2) is 0 Å². The molecule has 0 bridgehead atoms. The molecule has 0 radical (unpaired) electrons. The first-order valence-corrected chi connectivity index (χ1v) is 8.61. The molecule has 0 aliphatic carbocycles. The Kier molecular flexibility index (Phi) is 4.60. The van der Waals surface area contributed by atoms with E-state index in [1.54, 1.807) is 24.3 Å². The van der Waals surface area contributed by atoms with Crippen LogP contribution in [0.2, 0.25) is 0 Å². The van der Waals surface area contributed by atoms with Crippen molar-refractivity contribution in [1.82, 2.24) is 4.31 Å². The maximum atomic E-state index is 12.5. The molecule has 1 saturated heterocycles. The molecule has 1 aromatic carbocycles. The molecule has 2 N–H and O–H groups in total. The highest BCUT2D eigenvalue weighted by Crippen LogP contribution is 2.28. The molecule has 104 valence electrons. The average molecular weight is 363 g/mol. The number of hydrogen-bond donors (Lipinski definition) is 1. The van der Waals surface area contributed by atoms with Crippen LogP contribution < -0.4 is 5.73 Å². The van der Waals surface area contributed by atoms with E-state index in [4.69, 9.17) is 18.0 Å². The lowest BCUT2D eigenvalue weighted by atomic mass is 9.98. The van der Waals surface area contributed by atoms with Gasteiger partial charge in [-0.25, -0.2) is 8.42 Å². The Balaban J connectivity index is 2.19. The second kappa shape index (κ2) is 5.87.